The minimum absolute atomic E-state index is 0.0781. The van der Waals surface area contributed by atoms with Crippen LogP contribution >= 0.6 is 27.3 Å². The molecule has 2 rings (SSSR count). The van der Waals surface area contributed by atoms with Gasteiger partial charge in [0, 0.05) is 4.88 Å². The van der Waals surface area contributed by atoms with Crippen LogP contribution in [0.3, 0.4) is 0 Å². The number of rotatable bonds is 6. The predicted octanol–water partition coefficient (Wildman–Crippen LogP) is 3.99. The summed E-state index contributed by atoms with van der Waals surface area (Å²) >= 11 is 5.02. The number of nitrogens with zero attached hydrogens (tertiary/aromatic N) is 1. The number of halogens is 1. The third-order valence-corrected chi connectivity index (χ3v) is 4.59. The molecule has 22 heavy (non-hydrogen) atoms. The summed E-state index contributed by atoms with van der Waals surface area (Å²) in [5, 5.41) is 6.03. The zero-order valence-corrected chi connectivity index (χ0v) is 14.8. The van der Waals surface area contributed by atoms with Gasteiger partial charge in [-0.25, -0.2) is 5.43 Å². The summed E-state index contributed by atoms with van der Waals surface area (Å²) in [4.78, 5) is 12.8. The Morgan fingerprint density at radius 3 is 2.86 bits per heavy atom. The van der Waals surface area contributed by atoms with Crippen LogP contribution in [-0.4, -0.2) is 18.2 Å². The van der Waals surface area contributed by atoms with Crippen LogP contribution in [0.1, 0.15) is 24.3 Å². The minimum Gasteiger partial charge on any atom is -0.483 e. The van der Waals surface area contributed by atoms with Crippen molar-refractivity contribution in [1.29, 1.82) is 0 Å². The highest BCUT2D eigenvalue weighted by molar-refractivity contribution is 9.10. The van der Waals surface area contributed by atoms with Crippen LogP contribution in [0.25, 0.3) is 0 Å². The first-order valence-corrected chi connectivity index (χ1v) is 8.55. The molecule has 4 nitrogen and oxygen atoms in total. The number of thiophene rings is 1. The third kappa shape index (κ3) is 4.68. The molecule has 0 atom stereocenters. The molecule has 0 spiro atoms. The van der Waals surface area contributed by atoms with E-state index in [-0.39, 0.29) is 12.5 Å². The summed E-state index contributed by atoms with van der Waals surface area (Å²) < 4.78 is 6.34. The lowest BCUT2D eigenvalue weighted by molar-refractivity contribution is -0.123. The molecule has 0 unspecified atom stereocenters. The van der Waals surface area contributed by atoms with Crippen LogP contribution in [0.4, 0.5) is 0 Å². The lowest BCUT2D eigenvalue weighted by Crippen LogP contribution is -2.25. The number of carbonyl (C=O) groups is 1. The molecule has 116 valence electrons. The van der Waals surface area contributed by atoms with Crippen LogP contribution in [-0.2, 0) is 11.2 Å². The molecule has 6 heteroatoms. The molecule has 0 bridgehead atoms. The topological polar surface area (TPSA) is 50.7 Å². The van der Waals surface area contributed by atoms with Gasteiger partial charge in [-0.3, -0.25) is 4.79 Å². The van der Waals surface area contributed by atoms with Crippen LogP contribution in [0, 0.1) is 0 Å². The Balaban J connectivity index is 1.87. The Kier molecular flexibility index (Phi) is 6.15. The molecule has 0 radical (unpaired) electrons. The fraction of sp³-hybridized carbons (Fsp3) is 0.250. The van der Waals surface area contributed by atoms with Crippen molar-refractivity contribution < 1.29 is 9.53 Å². The van der Waals surface area contributed by atoms with Crippen molar-refractivity contribution in [2.24, 2.45) is 5.10 Å². The Morgan fingerprint density at radius 2 is 2.23 bits per heavy atom. The number of hydrogen-bond donors (Lipinski definition) is 1. The zero-order valence-electron chi connectivity index (χ0n) is 12.4. The molecule has 2 aromatic rings. The van der Waals surface area contributed by atoms with Gasteiger partial charge >= 0.3 is 0 Å². The van der Waals surface area contributed by atoms with E-state index in [1.54, 1.807) is 11.3 Å². The average Bonchev–Trinajstić information content (AvgIpc) is 3.05. The molecule has 0 aliphatic heterocycles. The van der Waals surface area contributed by atoms with E-state index < -0.39 is 0 Å². The maximum atomic E-state index is 11.8. The van der Waals surface area contributed by atoms with Crippen LogP contribution in [0.2, 0.25) is 0 Å². The van der Waals surface area contributed by atoms with Gasteiger partial charge < -0.3 is 4.74 Å². The number of hydrazone groups is 1. The molecular weight excluding hydrogens is 364 g/mol. The van der Waals surface area contributed by atoms with Crippen molar-refractivity contribution in [3.8, 4) is 5.75 Å². The summed E-state index contributed by atoms with van der Waals surface area (Å²) in [5.41, 5.74) is 4.48. The quantitative estimate of drug-likeness (QED) is 0.608. The van der Waals surface area contributed by atoms with Gasteiger partial charge in [-0.2, -0.15) is 5.10 Å². The minimum atomic E-state index is -0.289. The highest BCUT2D eigenvalue weighted by Gasteiger charge is 2.06. The second kappa shape index (κ2) is 8.10. The number of carbonyl (C=O) groups excluding carboxylic acids is 1. The molecule has 1 amide bonds. The second-order valence-corrected chi connectivity index (χ2v) is 6.42. The summed E-state index contributed by atoms with van der Waals surface area (Å²) in [6.07, 6.45) is 0.954. The van der Waals surface area contributed by atoms with Gasteiger partial charge in [0.2, 0.25) is 0 Å². The second-order valence-electron chi connectivity index (χ2n) is 4.62. The Morgan fingerprint density at radius 1 is 1.41 bits per heavy atom. The largest absolute Gasteiger partial charge is 0.483 e. The van der Waals surface area contributed by atoms with E-state index >= 15 is 0 Å². The van der Waals surface area contributed by atoms with Gasteiger partial charge in [-0.1, -0.05) is 19.1 Å². The fourth-order valence-electron chi connectivity index (χ4n) is 1.74. The summed E-state index contributed by atoms with van der Waals surface area (Å²) in [7, 11) is 0. The van der Waals surface area contributed by atoms with E-state index in [9.17, 15) is 4.79 Å². The molecule has 0 aliphatic carbocycles. The Hall–Kier alpha value is -1.66. The first-order valence-electron chi connectivity index (χ1n) is 6.88. The van der Waals surface area contributed by atoms with Crippen molar-refractivity contribution in [2.75, 3.05) is 6.61 Å². The van der Waals surface area contributed by atoms with Crippen LogP contribution < -0.4 is 10.2 Å². The maximum Gasteiger partial charge on any atom is 0.277 e. The van der Waals surface area contributed by atoms with Crippen LogP contribution in [0.15, 0.2) is 45.3 Å². The number of benzene rings is 1. The van der Waals surface area contributed by atoms with Crippen molar-refractivity contribution in [2.45, 2.75) is 20.3 Å². The van der Waals surface area contributed by atoms with E-state index in [0.29, 0.717) is 5.75 Å². The standard InChI is InChI=1S/C16H17BrN2O2S/c1-3-12-6-7-14(13(17)9-12)21-10-16(20)19-18-11(2)15-5-4-8-22-15/h4-9H,3,10H2,1-2H3,(H,19,20). The van der Waals surface area contributed by atoms with Gasteiger partial charge in [0.15, 0.2) is 6.61 Å². The molecule has 1 heterocycles. The maximum absolute atomic E-state index is 11.8. The number of aryl methyl sites for hydroxylation is 1. The first-order chi connectivity index (χ1) is 10.6. The van der Waals surface area contributed by atoms with Crippen molar-refractivity contribution in [3.05, 3.63) is 50.6 Å². The van der Waals surface area contributed by atoms with Gasteiger partial charge in [-0.15, -0.1) is 11.3 Å². The highest BCUT2D eigenvalue weighted by Crippen LogP contribution is 2.26. The van der Waals surface area contributed by atoms with E-state index in [1.165, 1.54) is 5.56 Å². The van der Waals surface area contributed by atoms with E-state index in [0.717, 1.165) is 21.5 Å². The van der Waals surface area contributed by atoms with E-state index in [4.69, 9.17) is 4.74 Å². The Bertz CT molecular complexity index is 669. The normalized spacial score (nSPS) is 11.3. The molecule has 1 aromatic carbocycles. The smallest absolute Gasteiger partial charge is 0.277 e. The monoisotopic (exact) mass is 380 g/mol. The lowest BCUT2D eigenvalue weighted by atomic mass is 10.2. The number of hydrogen-bond acceptors (Lipinski definition) is 4. The first kappa shape index (κ1) is 16.7. The SMILES string of the molecule is CCc1ccc(OCC(=O)NN=C(C)c2cccs2)c(Br)c1. The highest BCUT2D eigenvalue weighted by atomic mass is 79.9. The summed E-state index contributed by atoms with van der Waals surface area (Å²) in [5.74, 6) is 0.355. The van der Waals surface area contributed by atoms with E-state index in [2.05, 4.69) is 33.4 Å². The number of ether oxygens (including phenoxy) is 1. The van der Waals surface area contributed by atoms with Crippen LogP contribution in [0.5, 0.6) is 5.75 Å². The number of nitrogens with one attached hydrogen (secondary N) is 1. The molecule has 0 saturated carbocycles. The molecule has 0 saturated heterocycles. The van der Waals surface area contributed by atoms with E-state index in [1.807, 2.05) is 42.6 Å². The van der Waals surface area contributed by atoms with Crippen molar-refractivity contribution in [3.63, 3.8) is 0 Å². The zero-order chi connectivity index (χ0) is 15.9. The number of amides is 1. The van der Waals surface area contributed by atoms with Gasteiger partial charge in [0.25, 0.3) is 5.91 Å². The van der Waals surface area contributed by atoms with Gasteiger partial charge in [0.05, 0.1) is 10.2 Å². The lowest BCUT2D eigenvalue weighted by Gasteiger charge is -2.08. The average molecular weight is 381 g/mol. The summed E-state index contributed by atoms with van der Waals surface area (Å²) in [6.45, 7) is 3.86. The van der Waals surface area contributed by atoms with Crippen molar-refractivity contribution >= 4 is 38.9 Å². The van der Waals surface area contributed by atoms with Crippen molar-refractivity contribution in [1.82, 2.24) is 5.43 Å². The third-order valence-electron chi connectivity index (χ3n) is 2.99. The summed E-state index contributed by atoms with van der Waals surface area (Å²) in [6, 6.07) is 9.74. The molecule has 1 N–H and O–H groups in total. The molecule has 1 aromatic heterocycles. The fourth-order valence-corrected chi connectivity index (χ4v) is 2.96. The molecule has 0 aliphatic rings. The van der Waals surface area contributed by atoms with Gasteiger partial charge in [0.1, 0.15) is 5.75 Å². The van der Waals surface area contributed by atoms with Gasteiger partial charge in [-0.05, 0) is 58.4 Å². The molecular formula is C16H17BrN2O2S. The predicted molar refractivity (Wildman–Crippen MR) is 93.7 cm³/mol. The Labute approximate surface area is 142 Å². The molecule has 0 fully saturated rings.